The Balaban J connectivity index is 0.000000165. The SMILES string of the molecule is CC(=O)n1ccc2ccc(C(C)(C)C)cc21.CC(C)(C)c1ccc2c(c1)NCC2.CC(C)(C)c1ccc2cc(C(C)(C)C)[nH]c2c1.CC(C)(C)c1ccc2ccn(Cc3ccccc3)c2c1.CCOC(=O)c1c(C(C)(C)C)ccc2cc[nH]c12.CCOC(=O)c1cc(C(C)(C)C)cc2[nH]ccc12.CNCC(=O)N(C)CC(=O)n1ccc2ccc(C(C)(C)C)cc21.Cn1ccc2ccc(C(C)(C)C)cc21. The number of aryl methyl sites for hydroxylation is 1. The number of ether oxygens (including phenoxy) is 2. The molecule has 1 amide bonds. The molecule has 0 bridgehead atoms. The summed E-state index contributed by atoms with van der Waals surface area (Å²) in [7, 11) is 5.44. The second-order valence-electron chi connectivity index (χ2n) is 46.1. The van der Waals surface area contributed by atoms with Gasteiger partial charge in [-0.25, -0.2) is 9.59 Å². The Kier molecular flexibility index (Phi) is 34.4. The minimum absolute atomic E-state index is 0.000540. The van der Waals surface area contributed by atoms with Crippen LogP contribution in [0, 0.1) is 0 Å². The molecule has 7 aromatic heterocycles. The van der Waals surface area contributed by atoms with Gasteiger partial charge < -0.3 is 49.1 Å². The highest BCUT2D eigenvalue weighted by atomic mass is 16.5. The van der Waals surface area contributed by atoms with E-state index >= 15 is 0 Å². The van der Waals surface area contributed by atoms with E-state index in [2.05, 4.69) is 399 Å². The summed E-state index contributed by atoms with van der Waals surface area (Å²) >= 11 is 0. The largest absolute Gasteiger partial charge is 0.462 e. The molecule has 0 radical (unpaired) electrons. The van der Waals surface area contributed by atoms with Crippen molar-refractivity contribution in [2.24, 2.45) is 7.05 Å². The third-order valence-electron chi connectivity index (χ3n) is 25.5. The number of H-pyrrole nitrogens is 3. The Morgan fingerprint density at radius 3 is 1.40 bits per heavy atom. The monoisotopic (exact) mass is 1880 g/mol. The van der Waals surface area contributed by atoms with Gasteiger partial charge in [-0.2, -0.15) is 0 Å². The number of carbonyl (C=O) groups excluding carboxylic acids is 5. The number of fused-ring (bicyclic) bond motifs is 8. The Hall–Kier alpha value is -12.7. The van der Waals surface area contributed by atoms with Crippen LogP contribution in [0.2, 0.25) is 0 Å². The molecule has 0 saturated carbocycles. The van der Waals surface area contributed by atoms with Crippen molar-refractivity contribution in [2.45, 2.75) is 269 Å². The van der Waals surface area contributed by atoms with Gasteiger partial charge in [0.1, 0.15) is 6.54 Å². The summed E-state index contributed by atoms with van der Waals surface area (Å²) in [5.74, 6) is -0.671. The van der Waals surface area contributed by atoms with Gasteiger partial charge in [-0.05, 0) is 233 Å². The van der Waals surface area contributed by atoms with E-state index in [4.69, 9.17) is 9.47 Å². The fraction of sp³-hybridized carbons (Fsp3) is 0.402. The van der Waals surface area contributed by atoms with Crippen LogP contribution in [-0.2, 0) is 83.0 Å². The second kappa shape index (κ2) is 44.2. The van der Waals surface area contributed by atoms with Crippen LogP contribution in [0.3, 0.4) is 0 Å². The Morgan fingerprint density at radius 2 is 0.871 bits per heavy atom. The number of nitrogens with zero attached hydrogens (tertiary/aromatic N) is 5. The van der Waals surface area contributed by atoms with Crippen molar-refractivity contribution in [1.29, 1.82) is 0 Å². The summed E-state index contributed by atoms with van der Waals surface area (Å²) in [6.45, 7) is 67.7. The molecule has 16 aromatic rings. The number of anilines is 1. The van der Waals surface area contributed by atoms with Crippen LogP contribution in [0.1, 0.15) is 299 Å². The third-order valence-corrected chi connectivity index (χ3v) is 25.5. The lowest BCUT2D eigenvalue weighted by Crippen LogP contribution is -2.38. The van der Waals surface area contributed by atoms with E-state index in [0.29, 0.717) is 24.3 Å². The number of hydrogen-bond donors (Lipinski definition) is 5. The fourth-order valence-corrected chi connectivity index (χ4v) is 16.5. The molecule has 0 fully saturated rings. The zero-order chi connectivity index (χ0) is 103. The number of nitrogens with one attached hydrogen (secondary N) is 5. The number of aromatic amines is 3. The van der Waals surface area contributed by atoms with Gasteiger partial charge in [-0.1, -0.05) is 302 Å². The molecule has 1 aliphatic rings. The van der Waals surface area contributed by atoms with Crippen molar-refractivity contribution in [3.63, 3.8) is 0 Å². The molecule has 17 heteroatoms. The lowest BCUT2D eigenvalue weighted by atomic mass is 9.83. The van der Waals surface area contributed by atoms with Crippen LogP contribution in [-0.4, -0.2) is 115 Å². The molecule has 0 spiro atoms. The van der Waals surface area contributed by atoms with Gasteiger partial charge >= 0.3 is 11.9 Å². The Labute approximate surface area is 828 Å². The Morgan fingerprint density at radius 1 is 0.417 bits per heavy atom. The Bertz CT molecular complexity index is 6910. The number of benzene rings is 9. The first kappa shape index (κ1) is 108. The molecule has 1 aliphatic heterocycles. The van der Waals surface area contributed by atoms with Crippen molar-refractivity contribution >= 4 is 112 Å². The molecular weight excluding hydrogens is 1720 g/mol. The maximum absolute atomic E-state index is 12.5. The maximum atomic E-state index is 12.5. The van der Waals surface area contributed by atoms with Gasteiger partial charge in [0.25, 0.3) is 5.91 Å². The predicted molar refractivity (Wildman–Crippen MR) is 587 cm³/mol. The smallest absolute Gasteiger partial charge is 0.340 e. The van der Waals surface area contributed by atoms with Gasteiger partial charge in [-0.3, -0.25) is 23.5 Å². The highest BCUT2D eigenvalue weighted by Gasteiger charge is 2.29. The van der Waals surface area contributed by atoms with E-state index < -0.39 is 0 Å². The summed E-state index contributed by atoms with van der Waals surface area (Å²) in [4.78, 5) is 71.3. The molecule has 139 heavy (non-hydrogen) atoms. The first-order valence-electron chi connectivity index (χ1n) is 49.2. The zero-order valence-electron chi connectivity index (χ0n) is 89.6. The average molecular weight is 1880 g/mol. The summed E-state index contributed by atoms with van der Waals surface area (Å²) in [6.07, 6.45) is 12.8. The highest BCUT2D eigenvalue weighted by Crippen LogP contribution is 2.38. The molecule has 17 rings (SSSR count). The standard InChI is InChI=1S/C19H21N.C18H25N3O2.C16H23N.2C15H19NO2.C14H17NO.C13H17N.C12H17N/c1-19(2,3)17-10-9-16-11-12-20(18(16)13-17)14-15-7-5-4-6-8-15;1-18(2,3)14-7-6-13-8-9-21(15(13)10-14)17(23)12-20(5)16(22)11-19-4;1-15(2,3)12-8-7-11-9-14(16(4,5)6)17-13(11)10-12;1-5-18-14(17)12-8-10(15(2,3)4)9-13-11(12)6-7-16-13;1-5-18-14(17)12-11(15(2,3)4)7-6-10-8-9-16-13(10)12;1-10(16)15-8-7-11-5-6-12(9-13(11)15)14(2,3)4;1-13(2,3)11-6-5-10-7-8-14(4)12(10)9-11;1-12(2,3)10-5-4-9-6-7-13-11(9)8-10/h4-13H,14H2,1-3H3;6-10,19H,11-12H2,1-5H3;7-10,17H,1-6H3;2*6-9,16H,5H2,1-4H3;5-9H,1-4H3;5-9H,1-4H3;4-5,8,13H,6-7H2,1-3H3. The predicted octanol–water partition coefficient (Wildman–Crippen LogP) is 29.3. The van der Waals surface area contributed by atoms with Crippen molar-refractivity contribution in [3.05, 3.63) is 316 Å². The van der Waals surface area contributed by atoms with Crippen molar-refractivity contribution in [1.82, 2.24) is 43.4 Å². The van der Waals surface area contributed by atoms with Crippen LogP contribution in [0.4, 0.5) is 5.69 Å². The average Bonchev–Trinajstić information content (AvgIpc) is 1.74. The van der Waals surface area contributed by atoms with Gasteiger partial charge in [0.15, 0.2) is 0 Å². The van der Waals surface area contributed by atoms with Crippen molar-refractivity contribution < 1.29 is 33.4 Å². The van der Waals surface area contributed by atoms with Gasteiger partial charge in [0.05, 0.1) is 47.4 Å². The van der Waals surface area contributed by atoms with Crippen LogP contribution < -0.4 is 10.6 Å². The molecule has 738 valence electrons. The topological polar surface area (TPSA) is 198 Å². The molecule has 0 unspecified atom stereocenters. The lowest BCUT2D eigenvalue weighted by molar-refractivity contribution is -0.128. The number of hydrogen-bond acceptors (Lipinski definition) is 9. The van der Waals surface area contributed by atoms with Crippen LogP contribution in [0.25, 0.3) is 76.3 Å². The lowest BCUT2D eigenvalue weighted by Gasteiger charge is -2.22. The quantitative estimate of drug-likeness (QED) is 0.0827. The maximum Gasteiger partial charge on any atom is 0.340 e. The van der Waals surface area contributed by atoms with Crippen molar-refractivity contribution in [2.75, 3.05) is 52.3 Å². The molecule has 0 saturated heterocycles. The number of amides is 1. The molecular formula is C122H158N10O7. The number of rotatable bonds is 10. The molecule has 17 nitrogen and oxygen atoms in total. The minimum Gasteiger partial charge on any atom is -0.462 e. The van der Waals surface area contributed by atoms with Gasteiger partial charge in [0.2, 0.25) is 11.8 Å². The van der Waals surface area contributed by atoms with Crippen molar-refractivity contribution in [3.8, 4) is 0 Å². The van der Waals surface area contributed by atoms with Gasteiger partial charge in [0, 0.05) is 132 Å². The minimum atomic E-state index is -0.256. The van der Waals surface area contributed by atoms with Crippen LogP contribution in [0.5, 0.6) is 0 Å². The van der Waals surface area contributed by atoms with Gasteiger partial charge in [-0.15, -0.1) is 0 Å². The number of carbonyl (C=O) groups is 5. The normalized spacial score (nSPS) is 12.4. The van der Waals surface area contributed by atoms with Crippen LogP contribution in [0.15, 0.2) is 243 Å². The summed E-state index contributed by atoms with van der Waals surface area (Å²) < 4.78 is 18.1. The third kappa shape index (κ3) is 28.3. The van der Waals surface area contributed by atoms with E-state index in [9.17, 15) is 24.0 Å². The molecule has 8 heterocycles. The number of aromatic nitrogens is 7. The molecule has 5 N–H and O–H groups in total. The fourth-order valence-electron chi connectivity index (χ4n) is 16.5. The van der Waals surface area contributed by atoms with E-state index in [0.717, 1.165) is 67.8 Å². The van der Waals surface area contributed by atoms with E-state index in [-0.39, 0.29) is 91.5 Å². The highest BCUT2D eigenvalue weighted by molar-refractivity contribution is 6.06. The van der Waals surface area contributed by atoms with Crippen LogP contribution >= 0.6 is 0 Å². The second-order valence-corrected chi connectivity index (χ2v) is 46.1. The van der Waals surface area contributed by atoms with E-state index in [1.54, 1.807) is 36.4 Å². The molecule has 9 aromatic carbocycles. The van der Waals surface area contributed by atoms with E-state index in [1.165, 1.54) is 99.9 Å². The zero-order valence-corrected chi connectivity index (χ0v) is 89.6. The first-order chi connectivity index (χ1) is 64.8. The number of likely N-dealkylation sites (N-methyl/N-ethyl adjacent to an activating group) is 2. The molecule has 0 aliphatic carbocycles. The number of esters is 2. The summed E-state index contributed by atoms with van der Waals surface area (Å²) in [6, 6.07) is 72.7. The van der Waals surface area contributed by atoms with E-state index in [1.807, 2.05) is 81.0 Å². The summed E-state index contributed by atoms with van der Waals surface area (Å²) in [5.41, 5.74) is 25.6. The summed E-state index contributed by atoms with van der Waals surface area (Å²) in [5, 5.41) is 14.2. The first-order valence-corrected chi connectivity index (χ1v) is 49.2. The molecule has 0 atom stereocenters.